The van der Waals surface area contributed by atoms with Crippen LogP contribution in [0.3, 0.4) is 0 Å². The van der Waals surface area contributed by atoms with Crippen LogP contribution in [0.25, 0.3) is 0 Å². The summed E-state index contributed by atoms with van der Waals surface area (Å²) >= 11 is 12.1. The maximum absolute atomic E-state index is 12.1. The number of carbonyl (C=O) groups excluding carboxylic acids is 1. The number of hydrogen-bond acceptors (Lipinski definition) is 2. The van der Waals surface area contributed by atoms with E-state index in [1.54, 1.807) is 19.2 Å². The van der Waals surface area contributed by atoms with Gasteiger partial charge < -0.3 is 4.74 Å². The third kappa shape index (κ3) is 3.18. The van der Waals surface area contributed by atoms with Gasteiger partial charge in [-0.25, -0.2) is 0 Å². The average Bonchev–Trinajstić information content (AvgIpc) is 2.28. The molecular formula is C14H18Cl2O2. The zero-order valence-corrected chi connectivity index (χ0v) is 12.6. The third-order valence-corrected chi connectivity index (χ3v) is 3.44. The Kier molecular flexibility index (Phi) is 5.48. The quantitative estimate of drug-likeness (QED) is 0.784. The lowest BCUT2D eigenvalue weighted by Crippen LogP contribution is -2.18. The van der Waals surface area contributed by atoms with Gasteiger partial charge in [0.1, 0.15) is 11.5 Å². The van der Waals surface area contributed by atoms with Crippen LogP contribution in [0, 0.1) is 5.92 Å². The molecule has 0 amide bonds. The van der Waals surface area contributed by atoms with Crippen LogP contribution in [0.5, 0.6) is 5.75 Å². The van der Waals surface area contributed by atoms with E-state index in [1.165, 1.54) is 0 Å². The minimum Gasteiger partial charge on any atom is -0.495 e. The van der Waals surface area contributed by atoms with Gasteiger partial charge in [-0.1, -0.05) is 44.0 Å². The van der Waals surface area contributed by atoms with Crippen molar-refractivity contribution >= 4 is 29.0 Å². The van der Waals surface area contributed by atoms with E-state index in [9.17, 15) is 4.79 Å². The molecule has 100 valence electrons. The van der Waals surface area contributed by atoms with E-state index < -0.39 is 0 Å². The summed E-state index contributed by atoms with van der Waals surface area (Å²) in [5.41, 5.74) is 0.775. The van der Waals surface area contributed by atoms with Crippen molar-refractivity contribution in [2.45, 2.75) is 33.1 Å². The number of methoxy groups -OCH3 is 1. The van der Waals surface area contributed by atoms with Crippen molar-refractivity contribution in [2.24, 2.45) is 5.92 Å². The SMILES string of the molecule is CCC(=O)C(c1cc(Cl)cc(Cl)c1OC)C(C)C. The zero-order chi connectivity index (χ0) is 13.9. The highest BCUT2D eigenvalue weighted by molar-refractivity contribution is 6.35. The van der Waals surface area contributed by atoms with E-state index in [2.05, 4.69) is 0 Å². The summed E-state index contributed by atoms with van der Waals surface area (Å²) in [7, 11) is 1.55. The van der Waals surface area contributed by atoms with Gasteiger partial charge >= 0.3 is 0 Å². The number of carbonyl (C=O) groups is 1. The Balaban J connectivity index is 3.39. The molecule has 0 aliphatic heterocycles. The largest absolute Gasteiger partial charge is 0.495 e. The molecule has 1 rings (SSSR count). The molecule has 0 N–H and O–H groups in total. The third-order valence-electron chi connectivity index (χ3n) is 2.94. The van der Waals surface area contributed by atoms with Crippen molar-refractivity contribution in [2.75, 3.05) is 7.11 Å². The fourth-order valence-electron chi connectivity index (χ4n) is 2.15. The van der Waals surface area contributed by atoms with Gasteiger partial charge in [-0.3, -0.25) is 4.79 Å². The molecule has 0 saturated carbocycles. The van der Waals surface area contributed by atoms with Crippen LogP contribution >= 0.6 is 23.2 Å². The summed E-state index contributed by atoms with van der Waals surface area (Å²) in [6.45, 7) is 5.87. The predicted molar refractivity (Wildman–Crippen MR) is 75.9 cm³/mol. The van der Waals surface area contributed by atoms with Crippen LogP contribution in [-0.2, 0) is 4.79 Å². The van der Waals surface area contributed by atoms with Gasteiger partial charge in [0.25, 0.3) is 0 Å². The van der Waals surface area contributed by atoms with E-state index in [0.29, 0.717) is 22.2 Å². The molecule has 0 heterocycles. The predicted octanol–water partition coefficient (Wildman–Crippen LogP) is 4.72. The second-order valence-corrected chi connectivity index (χ2v) is 5.40. The lowest BCUT2D eigenvalue weighted by molar-refractivity contribution is -0.121. The number of benzene rings is 1. The highest BCUT2D eigenvalue weighted by Gasteiger charge is 2.27. The van der Waals surface area contributed by atoms with Crippen LogP contribution < -0.4 is 4.74 Å². The topological polar surface area (TPSA) is 26.3 Å². The normalized spacial score (nSPS) is 12.6. The van der Waals surface area contributed by atoms with Crippen LogP contribution in [0.4, 0.5) is 0 Å². The lowest BCUT2D eigenvalue weighted by atomic mass is 9.83. The summed E-state index contributed by atoms with van der Waals surface area (Å²) < 4.78 is 5.31. The summed E-state index contributed by atoms with van der Waals surface area (Å²) in [5.74, 6) is 0.644. The Bertz CT molecular complexity index is 442. The van der Waals surface area contributed by atoms with E-state index >= 15 is 0 Å². The number of rotatable bonds is 5. The van der Waals surface area contributed by atoms with Crippen LogP contribution in [-0.4, -0.2) is 12.9 Å². The first kappa shape index (κ1) is 15.3. The van der Waals surface area contributed by atoms with Gasteiger partial charge in [0.15, 0.2) is 0 Å². The molecule has 2 nitrogen and oxygen atoms in total. The van der Waals surface area contributed by atoms with E-state index in [4.69, 9.17) is 27.9 Å². The maximum Gasteiger partial charge on any atom is 0.141 e. The monoisotopic (exact) mass is 288 g/mol. The lowest BCUT2D eigenvalue weighted by Gasteiger charge is -2.22. The minimum atomic E-state index is -0.235. The first-order valence-corrected chi connectivity index (χ1v) is 6.73. The molecule has 1 unspecified atom stereocenters. The van der Waals surface area contributed by atoms with Crippen LogP contribution in [0.15, 0.2) is 12.1 Å². The molecule has 0 spiro atoms. The van der Waals surface area contributed by atoms with Crippen molar-refractivity contribution < 1.29 is 9.53 Å². The molecule has 0 saturated heterocycles. The molecule has 1 atom stereocenters. The highest BCUT2D eigenvalue weighted by Crippen LogP contribution is 2.40. The molecule has 0 aliphatic rings. The van der Waals surface area contributed by atoms with Gasteiger partial charge in [0, 0.05) is 22.9 Å². The van der Waals surface area contributed by atoms with Gasteiger partial charge in [-0.15, -0.1) is 0 Å². The first-order chi connectivity index (χ1) is 8.42. The Morgan fingerprint density at radius 3 is 2.39 bits per heavy atom. The van der Waals surface area contributed by atoms with Crippen molar-refractivity contribution in [1.29, 1.82) is 0 Å². The Labute approximate surface area is 118 Å². The summed E-state index contributed by atoms with van der Waals surface area (Å²) in [6.07, 6.45) is 0.482. The molecule has 0 fully saturated rings. The summed E-state index contributed by atoms with van der Waals surface area (Å²) in [5, 5.41) is 0.958. The molecule has 1 aromatic rings. The highest BCUT2D eigenvalue weighted by atomic mass is 35.5. The molecule has 0 bridgehead atoms. The summed E-state index contributed by atoms with van der Waals surface area (Å²) in [4.78, 5) is 12.1. The number of hydrogen-bond donors (Lipinski definition) is 0. The fraction of sp³-hybridized carbons (Fsp3) is 0.500. The second-order valence-electron chi connectivity index (χ2n) is 4.55. The van der Waals surface area contributed by atoms with Crippen molar-refractivity contribution in [3.05, 3.63) is 27.7 Å². The number of ether oxygens (including phenoxy) is 1. The molecule has 0 aliphatic carbocycles. The molecule has 0 radical (unpaired) electrons. The first-order valence-electron chi connectivity index (χ1n) is 5.98. The smallest absolute Gasteiger partial charge is 0.141 e. The molecular weight excluding hydrogens is 271 g/mol. The fourth-order valence-corrected chi connectivity index (χ4v) is 2.74. The maximum atomic E-state index is 12.1. The molecule has 0 aromatic heterocycles. The Morgan fingerprint density at radius 1 is 1.33 bits per heavy atom. The molecule has 1 aromatic carbocycles. The average molecular weight is 289 g/mol. The summed E-state index contributed by atoms with van der Waals surface area (Å²) in [6, 6.07) is 3.39. The van der Waals surface area contributed by atoms with Crippen LogP contribution in [0.1, 0.15) is 38.7 Å². The molecule has 18 heavy (non-hydrogen) atoms. The van der Waals surface area contributed by atoms with Crippen molar-refractivity contribution in [3.8, 4) is 5.75 Å². The molecule has 4 heteroatoms. The number of ketones is 1. The van der Waals surface area contributed by atoms with Gasteiger partial charge in [0.05, 0.1) is 12.1 Å². The van der Waals surface area contributed by atoms with Gasteiger partial charge in [0.2, 0.25) is 0 Å². The van der Waals surface area contributed by atoms with E-state index in [1.807, 2.05) is 20.8 Å². The van der Waals surface area contributed by atoms with Crippen LogP contribution in [0.2, 0.25) is 10.0 Å². The number of halogens is 2. The Hall–Kier alpha value is -0.730. The van der Waals surface area contributed by atoms with E-state index in [0.717, 1.165) is 5.56 Å². The van der Waals surface area contributed by atoms with E-state index in [-0.39, 0.29) is 17.6 Å². The van der Waals surface area contributed by atoms with Crippen molar-refractivity contribution in [3.63, 3.8) is 0 Å². The zero-order valence-electron chi connectivity index (χ0n) is 11.1. The van der Waals surface area contributed by atoms with Gasteiger partial charge in [-0.05, 0) is 18.1 Å². The number of Topliss-reactive ketones (excluding diaryl/α,β-unsaturated/α-hetero) is 1. The standard InChI is InChI=1S/C14H18Cl2O2/c1-5-12(17)13(8(2)3)10-6-9(15)7-11(16)14(10)18-4/h6-8,13H,5H2,1-4H3. The van der Waals surface area contributed by atoms with Gasteiger partial charge in [-0.2, -0.15) is 0 Å². The Morgan fingerprint density at radius 2 is 1.94 bits per heavy atom. The second kappa shape index (κ2) is 6.44. The van der Waals surface area contributed by atoms with Crippen molar-refractivity contribution in [1.82, 2.24) is 0 Å². The minimum absolute atomic E-state index is 0.167.